The fourth-order valence-corrected chi connectivity index (χ4v) is 2.27. The van der Waals surface area contributed by atoms with E-state index in [-0.39, 0.29) is 17.6 Å². The molecule has 120 valence electrons. The van der Waals surface area contributed by atoms with Gasteiger partial charge in [0, 0.05) is 23.8 Å². The standard InChI is InChI=1S/C17H12BrN3O3/c18-15-8-7-14(24-15)17(23)21-13-5-3-12(4-6-13)20-16(22)11-2-1-9-19-10-11/h1-10H,(H,20,22)(H,21,23). The SMILES string of the molecule is O=C(Nc1ccc(NC(=O)c2ccc(Br)o2)cc1)c1cccnc1. The molecule has 7 heteroatoms. The van der Waals surface area contributed by atoms with Crippen molar-refractivity contribution in [3.63, 3.8) is 0 Å². The second kappa shape index (κ2) is 7.10. The Kier molecular flexibility index (Phi) is 4.72. The van der Waals surface area contributed by atoms with Crippen molar-refractivity contribution in [3.8, 4) is 0 Å². The summed E-state index contributed by atoms with van der Waals surface area (Å²) in [5.74, 6) is -0.399. The van der Waals surface area contributed by atoms with Crippen LogP contribution in [-0.4, -0.2) is 16.8 Å². The number of amides is 2. The van der Waals surface area contributed by atoms with E-state index < -0.39 is 0 Å². The summed E-state index contributed by atoms with van der Waals surface area (Å²) >= 11 is 3.15. The fourth-order valence-electron chi connectivity index (χ4n) is 1.97. The molecule has 2 aromatic heterocycles. The van der Waals surface area contributed by atoms with Gasteiger partial charge >= 0.3 is 0 Å². The Labute approximate surface area is 146 Å². The lowest BCUT2D eigenvalue weighted by Gasteiger charge is -2.07. The molecular formula is C17H12BrN3O3. The highest BCUT2D eigenvalue weighted by molar-refractivity contribution is 9.10. The second-order valence-electron chi connectivity index (χ2n) is 4.83. The predicted molar refractivity (Wildman–Crippen MR) is 93.0 cm³/mol. The van der Waals surface area contributed by atoms with Gasteiger partial charge in [-0.1, -0.05) is 0 Å². The number of aromatic nitrogens is 1. The van der Waals surface area contributed by atoms with Gasteiger partial charge in [0.25, 0.3) is 11.8 Å². The van der Waals surface area contributed by atoms with Gasteiger partial charge < -0.3 is 15.1 Å². The van der Waals surface area contributed by atoms with Crippen LogP contribution in [0.1, 0.15) is 20.9 Å². The summed E-state index contributed by atoms with van der Waals surface area (Å²) in [6, 6.07) is 13.4. The summed E-state index contributed by atoms with van der Waals surface area (Å²) in [6.07, 6.45) is 3.09. The second-order valence-corrected chi connectivity index (χ2v) is 5.61. The Bertz CT molecular complexity index is 860. The molecule has 0 unspecified atom stereocenters. The third kappa shape index (κ3) is 3.88. The number of furan rings is 1. The number of halogens is 1. The van der Waals surface area contributed by atoms with Crippen LogP contribution in [0.5, 0.6) is 0 Å². The van der Waals surface area contributed by atoms with Crippen molar-refractivity contribution < 1.29 is 14.0 Å². The summed E-state index contributed by atoms with van der Waals surface area (Å²) in [6.45, 7) is 0. The van der Waals surface area contributed by atoms with E-state index in [9.17, 15) is 9.59 Å². The lowest BCUT2D eigenvalue weighted by molar-refractivity contribution is 0.0993. The number of hydrogen-bond acceptors (Lipinski definition) is 4. The average molecular weight is 386 g/mol. The van der Waals surface area contributed by atoms with E-state index in [4.69, 9.17) is 4.42 Å². The summed E-state index contributed by atoms with van der Waals surface area (Å²) in [5.41, 5.74) is 1.67. The van der Waals surface area contributed by atoms with Crippen LogP contribution < -0.4 is 10.6 Å². The summed E-state index contributed by atoms with van der Waals surface area (Å²) in [5, 5.41) is 5.46. The van der Waals surface area contributed by atoms with E-state index in [2.05, 4.69) is 31.5 Å². The predicted octanol–water partition coefficient (Wildman–Crippen LogP) is 3.94. The molecule has 0 saturated heterocycles. The van der Waals surface area contributed by atoms with Gasteiger partial charge in [-0.25, -0.2) is 0 Å². The Morgan fingerprint density at radius 3 is 2.12 bits per heavy atom. The molecule has 0 saturated carbocycles. The van der Waals surface area contributed by atoms with Crippen molar-refractivity contribution >= 4 is 39.1 Å². The highest BCUT2D eigenvalue weighted by Gasteiger charge is 2.11. The smallest absolute Gasteiger partial charge is 0.291 e. The monoisotopic (exact) mass is 385 g/mol. The quantitative estimate of drug-likeness (QED) is 0.712. The Hall–Kier alpha value is -2.93. The van der Waals surface area contributed by atoms with Crippen molar-refractivity contribution in [3.05, 3.63) is 76.9 Å². The van der Waals surface area contributed by atoms with Gasteiger partial charge in [0.15, 0.2) is 10.4 Å². The van der Waals surface area contributed by atoms with Crippen LogP contribution in [0.3, 0.4) is 0 Å². The molecule has 0 aliphatic rings. The molecule has 2 amide bonds. The largest absolute Gasteiger partial charge is 0.444 e. The molecule has 2 heterocycles. The van der Waals surface area contributed by atoms with E-state index in [1.54, 1.807) is 54.7 Å². The average Bonchev–Trinajstić information content (AvgIpc) is 3.04. The van der Waals surface area contributed by atoms with Gasteiger partial charge in [-0.15, -0.1) is 0 Å². The van der Waals surface area contributed by atoms with Crippen molar-refractivity contribution in [2.75, 3.05) is 10.6 Å². The van der Waals surface area contributed by atoms with E-state index in [1.807, 2.05) is 0 Å². The minimum absolute atomic E-state index is 0.204. The van der Waals surface area contributed by atoms with Crippen LogP contribution in [0.2, 0.25) is 0 Å². The molecule has 0 spiro atoms. The number of carbonyl (C=O) groups excluding carboxylic acids is 2. The number of nitrogens with zero attached hydrogens (tertiary/aromatic N) is 1. The zero-order valence-corrected chi connectivity index (χ0v) is 13.9. The van der Waals surface area contributed by atoms with Crippen molar-refractivity contribution in [1.82, 2.24) is 4.98 Å². The van der Waals surface area contributed by atoms with E-state index in [0.717, 1.165) is 0 Å². The maximum atomic E-state index is 12.0. The number of benzene rings is 1. The lowest BCUT2D eigenvalue weighted by Crippen LogP contribution is -2.13. The van der Waals surface area contributed by atoms with Crippen LogP contribution in [0, 0.1) is 0 Å². The summed E-state index contributed by atoms with van der Waals surface area (Å²) in [7, 11) is 0. The Morgan fingerprint density at radius 2 is 1.58 bits per heavy atom. The molecule has 3 aromatic rings. The third-order valence-electron chi connectivity index (χ3n) is 3.12. The minimum Gasteiger partial charge on any atom is -0.444 e. The Balaban J connectivity index is 1.63. The highest BCUT2D eigenvalue weighted by Crippen LogP contribution is 2.18. The van der Waals surface area contributed by atoms with E-state index in [1.165, 1.54) is 6.20 Å². The van der Waals surface area contributed by atoms with Crippen molar-refractivity contribution in [2.24, 2.45) is 0 Å². The Morgan fingerprint density at radius 1 is 0.917 bits per heavy atom. The van der Waals surface area contributed by atoms with E-state index in [0.29, 0.717) is 21.6 Å². The first-order valence-corrected chi connectivity index (χ1v) is 7.79. The van der Waals surface area contributed by atoms with Crippen LogP contribution in [0.4, 0.5) is 11.4 Å². The molecule has 24 heavy (non-hydrogen) atoms. The van der Waals surface area contributed by atoms with Gasteiger partial charge in [0.2, 0.25) is 0 Å². The van der Waals surface area contributed by atoms with Gasteiger partial charge in [-0.3, -0.25) is 14.6 Å². The maximum Gasteiger partial charge on any atom is 0.291 e. The maximum absolute atomic E-state index is 12.0. The van der Waals surface area contributed by atoms with Crippen molar-refractivity contribution in [1.29, 1.82) is 0 Å². The zero-order valence-electron chi connectivity index (χ0n) is 12.3. The van der Waals surface area contributed by atoms with Gasteiger partial charge in [-0.05, 0) is 64.5 Å². The number of carbonyl (C=O) groups is 2. The molecule has 0 radical (unpaired) electrons. The number of anilines is 2. The summed E-state index contributed by atoms with van der Waals surface area (Å²) < 4.78 is 5.67. The van der Waals surface area contributed by atoms with Crippen LogP contribution in [-0.2, 0) is 0 Å². The van der Waals surface area contributed by atoms with Crippen LogP contribution in [0.25, 0.3) is 0 Å². The first-order valence-electron chi connectivity index (χ1n) is 7.00. The van der Waals surface area contributed by atoms with Gasteiger partial charge in [0.05, 0.1) is 5.56 Å². The lowest BCUT2D eigenvalue weighted by atomic mass is 10.2. The molecule has 2 N–H and O–H groups in total. The van der Waals surface area contributed by atoms with Crippen molar-refractivity contribution in [2.45, 2.75) is 0 Å². The fraction of sp³-hybridized carbons (Fsp3) is 0. The minimum atomic E-state index is -0.354. The van der Waals surface area contributed by atoms with E-state index >= 15 is 0 Å². The van der Waals surface area contributed by atoms with Crippen LogP contribution >= 0.6 is 15.9 Å². The van der Waals surface area contributed by atoms with Crippen LogP contribution in [0.15, 0.2) is 70.0 Å². The molecule has 0 bridgehead atoms. The molecular weight excluding hydrogens is 374 g/mol. The summed E-state index contributed by atoms with van der Waals surface area (Å²) in [4.78, 5) is 27.9. The third-order valence-corrected chi connectivity index (χ3v) is 3.55. The van der Waals surface area contributed by atoms with Gasteiger partial charge in [0.1, 0.15) is 0 Å². The number of pyridine rings is 1. The number of nitrogens with one attached hydrogen (secondary N) is 2. The first kappa shape index (κ1) is 15.9. The normalized spacial score (nSPS) is 10.2. The van der Waals surface area contributed by atoms with Gasteiger partial charge in [-0.2, -0.15) is 0 Å². The molecule has 0 aliphatic heterocycles. The molecule has 0 atom stereocenters. The molecule has 1 aromatic carbocycles. The highest BCUT2D eigenvalue weighted by atomic mass is 79.9. The number of rotatable bonds is 4. The molecule has 0 fully saturated rings. The number of hydrogen-bond donors (Lipinski definition) is 2. The zero-order chi connectivity index (χ0) is 16.9. The molecule has 0 aliphatic carbocycles. The first-order chi connectivity index (χ1) is 11.6. The molecule has 6 nitrogen and oxygen atoms in total. The topological polar surface area (TPSA) is 84.2 Å². The molecule has 3 rings (SSSR count).